The van der Waals surface area contributed by atoms with Crippen LogP contribution in [-0.2, 0) is 0 Å². The highest BCUT2D eigenvalue weighted by molar-refractivity contribution is 6.33. The van der Waals surface area contributed by atoms with Gasteiger partial charge in [0.15, 0.2) is 0 Å². The zero-order chi connectivity index (χ0) is 14.5. The van der Waals surface area contributed by atoms with Gasteiger partial charge in [0.1, 0.15) is 16.5 Å². The summed E-state index contributed by atoms with van der Waals surface area (Å²) in [7, 11) is 3.28. The molecule has 3 nitrogen and oxygen atoms in total. The van der Waals surface area contributed by atoms with Gasteiger partial charge in [0.05, 0.1) is 14.2 Å². The maximum atomic E-state index is 6.37. The van der Waals surface area contributed by atoms with Gasteiger partial charge in [-0.25, -0.2) is 0 Å². The highest BCUT2D eigenvalue weighted by Crippen LogP contribution is 2.42. The Kier molecular flexibility index (Phi) is 5.55. The van der Waals surface area contributed by atoms with Crippen LogP contribution < -0.4 is 14.8 Å². The van der Waals surface area contributed by atoms with E-state index < -0.39 is 0 Å². The topological polar surface area (TPSA) is 30.5 Å². The summed E-state index contributed by atoms with van der Waals surface area (Å²) in [6, 6.07) is 4.28. The molecule has 2 rings (SSSR count). The second kappa shape index (κ2) is 7.19. The number of nitrogens with one attached hydrogen (secondary N) is 1. The minimum absolute atomic E-state index is 0.295. The lowest BCUT2D eigenvalue weighted by molar-refractivity contribution is 0.259. The Morgan fingerprint density at radius 1 is 1.30 bits per heavy atom. The second-order valence-corrected chi connectivity index (χ2v) is 5.73. The molecule has 112 valence electrons. The van der Waals surface area contributed by atoms with Crippen LogP contribution >= 0.6 is 11.6 Å². The van der Waals surface area contributed by atoms with E-state index in [2.05, 4.69) is 18.3 Å². The smallest absolute Gasteiger partial charge is 0.146 e. The number of halogens is 1. The SMILES string of the molecule is CCNC(CC1CCC1)c1ccc(OC)c(Cl)c1OC. The fourth-order valence-electron chi connectivity index (χ4n) is 2.82. The van der Waals surface area contributed by atoms with Crippen LogP contribution in [0, 0.1) is 5.92 Å². The standard InChI is InChI=1S/C16H24ClNO2/c1-4-18-13(10-11-6-5-7-11)12-8-9-14(19-2)15(17)16(12)20-3/h8-9,11,13,18H,4-7,10H2,1-3H3. The quantitative estimate of drug-likeness (QED) is 0.818. The molecule has 0 spiro atoms. The van der Waals surface area contributed by atoms with Gasteiger partial charge in [-0.3, -0.25) is 0 Å². The number of benzene rings is 1. The zero-order valence-electron chi connectivity index (χ0n) is 12.5. The Hall–Kier alpha value is -0.930. The van der Waals surface area contributed by atoms with Crippen molar-refractivity contribution >= 4 is 11.6 Å². The van der Waals surface area contributed by atoms with Crippen molar-refractivity contribution in [3.63, 3.8) is 0 Å². The van der Waals surface area contributed by atoms with E-state index in [1.807, 2.05) is 6.07 Å². The Morgan fingerprint density at radius 3 is 2.55 bits per heavy atom. The highest BCUT2D eigenvalue weighted by atomic mass is 35.5. The van der Waals surface area contributed by atoms with E-state index in [-0.39, 0.29) is 0 Å². The summed E-state index contributed by atoms with van der Waals surface area (Å²) >= 11 is 6.37. The van der Waals surface area contributed by atoms with E-state index in [0.29, 0.717) is 16.8 Å². The summed E-state index contributed by atoms with van der Waals surface area (Å²) in [6.45, 7) is 3.07. The van der Waals surface area contributed by atoms with Crippen molar-refractivity contribution in [1.29, 1.82) is 0 Å². The summed E-state index contributed by atoms with van der Waals surface area (Å²) in [4.78, 5) is 0. The molecular formula is C16H24ClNO2. The maximum absolute atomic E-state index is 6.37. The number of ether oxygens (including phenoxy) is 2. The van der Waals surface area contributed by atoms with Gasteiger partial charge in [-0.1, -0.05) is 37.8 Å². The van der Waals surface area contributed by atoms with Crippen molar-refractivity contribution in [3.8, 4) is 11.5 Å². The number of rotatable bonds is 7. The molecule has 0 aromatic heterocycles. The summed E-state index contributed by atoms with van der Waals surface area (Å²) in [6.07, 6.45) is 5.19. The van der Waals surface area contributed by atoms with Crippen molar-refractivity contribution in [1.82, 2.24) is 5.32 Å². The first-order valence-corrected chi connectivity index (χ1v) is 7.72. The molecule has 4 heteroatoms. The molecule has 1 aliphatic carbocycles. The molecule has 1 atom stereocenters. The predicted octanol–water partition coefficient (Wildman–Crippen LogP) is 4.20. The average Bonchev–Trinajstić information content (AvgIpc) is 2.41. The molecule has 1 aromatic rings. The second-order valence-electron chi connectivity index (χ2n) is 5.35. The molecular weight excluding hydrogens is 274 g/mol. The van der Waals surface area contributed by atoms with Gasteiger partial charge in [0, 0.05) is 11.6 Å². The third-order valence-corrected chi connectivity index (χ3v) is 4.49. The minimum atomic E-state index is 0.295. The number of methoxy groups -OCH3 is 2. The van der Waals surface area contributed by atoms with Crippen molar-refractivity contribution in [2.45, 2.75) is 38.6 Å². The third-order valence-electron chi connectivity index (χ3n) is 4.14. The Bertz CT molecular complexity index is 446. The van der Waals surface area contributed by atoms with Gasteiger partial charge in [0.25, 0.3) is 0 Å². The molecule has 0 radical (unpaired) electrons. The van der Waals surface area contributed by atoms with Crippen LogP contribution in [0.5, 0.6) is 11.5 Å². The van der Waals surface area contributed by atoms with E-state index in [4.69, 9.17) is 21.1 Å². The van der Waals surface area contributed by atoms with Gasteiger partial charge in [-0.15, -0.1) is 0 Å². The summed E-state index contributed by atoms with van der Waals surface area (Å²) in [5.74, 6) is 2.21. The van der Waals surface area contributed by atoms with Crippen LogP contribution in [0.1, 0.15) is 44.2 Å². The van der Waals surface area contributed by atoms with E-state index in [1.54, 1.807) is 14.2 Å². The van der Waals surface area contributed by atoms with Gasteiger partial charge >= 0.3 is 0 Å². The first-order chi connectivity index (χ1) is 9.71. The van der Waals surface area contributed by atoms with E-state index in [9.17, 15) is 0 Å². The summed E-state index contributed by atoms with van der Waals surface area (Å²) < 4.78 is 10.8. The van der Waals surface area contributed by atoms with Crippen molar-refractivity contribution in [2.75, 3.05) is 20.8 Å². The Morgan fingerprint density at radius 2 is 2.05 bits per heavy atom. The van der Waals surface area contributed by atoms with E-state index >= 15 is 0 Å². The lowest BCUT2D eigenvalue weighted by Gasteiger charge is -2.31. The molecule has 0 saturated heterocycles. The fraction of sp³-hybridized carbons (Fsp3) is 0.625. The average molecular weight is 298 g/mol. The van der Waals surface area contributed by atoms with Gasteiger partial charge in [0.2, 0.25) is 0 Å². The van der Waals surface area contributed by atoms with Gasteiger partial charge in [-0.05, 0) is 31.0 Å². The number of hydrogen-bond donors (Lipinski definition) is 1. The van der Waals surface area contributed by atoms with Crippen LogP contribution in [0.25, 0.3) is 0 Å². The molecule has 20 heavy (non-hydrogen) atoms. The van der Waals surface area contributed by atoms with Crippen molar-refractivity contribution in [2.24, 2.45) is 5.92 Å². The van der Waals surface area contributed by atoms with E-state index in [0.717, 1.165) is 30.2 Å². The lowest BCUT2D eigenvalue weighted by atomic mass is 9.79. The number of hydrogen-bond acceptors (Lipinski definition) is 3. The fourth-order valence-corrected chi connectivity index (χ4v) is 3.15. The minimum Gasteiger partial charge on any atom is -0.495 e. The van der Waals surface area contributed by atoms with Crippen molar-refractivity contribution < 1.29 is 9.47 Å². The largest absolute Gasteiger partial charge is 0.495 e. The molecule has 0 bridgehead atoms. The van der Waals surface area contributed by atoms with Crippen LogP contribution in [0.4, 0.5) is 0 Å². The van der Waals surface area contributed by atoms with Crippen LogP contribution in [0.15, 0.2) is 12.1 Å². The Labute approximate surface area is 126 Å². The first kappa shape index (κ1) is 15.5. The monoisotopic (exact) mass is 297 g/mol. The maximum Gasteiger partial charge on any atom is 0.146 e. The Balaban J connectivity index is 2.28. The molecule has 0 amide bonds. The van der Waals surface area contributed by atoms with Crippen LogP contribution in [0.3, 0.4) is 0 Å². The molecule has 0 heterocycles. The predicted molar refractivity (Wildman–Crippen MR) is 82.9 cm³/mol. The summed E-state index contributed by atoms with van der Waals surface area (Å²) in [5, 5.41) is 4.12. The van der Waals surface area contributed by atoms with Gasteiger partial charge < -0.3 is 14.8 Å². The lowest BCUT2D eigenvalue weighted by Crippen LogP contribution is -2.26. The molecule has 1 aromatic carbocycles. The molecule has 1 N–H and O–H groups in total. The normalized spacial score (nSPS) is 16.6. The van der Waals surface area contributed by atoms with Crippen molar-refractivity contribution in [3.05, 3.63) is 22.7 Å². The molecule has 1 aliphatic rings. The zero-order valence-corrected chi connectivity index (χ0v) is 13.3. The summed E-state index contributed by atoms with van der Waals surface area (Å²) in [5.41, 5.74) is 1.13. The third kappa shape index (κ3) is 3.21. The molecule has 0 aliphatic heterocycles. The van der Waals surface area contributed by atoms with E-state index in [1.165, 1.54) is 19.3 Å². The van der Waals surface area contributed by atoms with Crippen LogP contribution in [-0.4, -0.2) is 20.8 Å². The highest BCUT2D eigenvalue weighted by Gasteiger charge is 2.26. The van der Waals surface area contributed by atoms with Crippen LogP contribution in [0.2, 0.25) is 5.02 Å². The molecule has 1 fully saturated rings. The first-order valence-electron chi connectivity index (χ1n) is 7.35. The van der Waals surface area contributed by atoms with Gasteiger partial charge in [-0.2, -0.15) is 0 Å². The molecule has 1 saturated carbocycles. The molecule has 1 unspecified atom stereocenters.